The predicted molar refractivity (Wildman–Crippen MR) is 107 cm³/mol. The zero-order valence-corrected chi connectivity index (χ0v) is 17.0. The molecule has 0 aliphatic carbocycles. The minimum absolute atomic E-state index is 0.0312. The summed E-state index contributed by atoms with van der Waals surface area (Å²) in [6.45, 7) is 5.66. The van der Waals surface area contributed by atoms with Crippen molar-refractivity contribution in [2.75, 3.05) is 11.9 Å². The second-order valence-electron chi connectivity index (χ2n) is 6.75. The molecular weight excluding hydrogens is 374 g/mol. The Hall–Kier alpha value is -3.16. The highest BCUT2D eigenvalue weighted by Crippen LogP contribution is 2.12. The van der Waals surface area contributed by atoms with Crippen molar-refractivity contribution in [3.8, 4) is 0 Å². The first-order chi connectivity index (χ1) is 13.9. The first kappa shape index (κ1) is 22.1. The maximum atomic E-state index is 12.4. The lowest BCUT2D eigenvalue weighted by Gasteiger charge is -2.17. The lowest BCUT2D eigenvalue weighted by molar-refractivity contribution is -0.154. The summed E-state index contributed by atoms with van der Waals surface area (Å²) >= 11 is 0. The lowest BCUT2D eigenvalue weighted by atomic mass is 10.1. The molecule has 156 valence electrons. The van der Waals surface area contributed by atoms with Crippen molar-refractivity contribution in [2.45, 2.75) is 52.6 Å². The number of anilines is 1. The molecule has 0 spiro atoms. The van der Waals surface area contributed by atoms with Crippen molar-refractivity contribution in [1.29, 1.82) is 0 Å². The third kappa shape index (κ3) is 7.06. The van der Waals surface area contributed by atoms with Crippen molar-refractivity contribution in [2.24, 2.45) is 0 Å². The summed E-state index contributed by atoms with van der Waals surface area (Å²) in [6.07, 6.45) is 1.03. The topological polar surface area (TPSA) is 111 Å². The normalized spacial score (nSPS) is 11.6. The van der Waals surface area contributed by atoms with Gasteiger partial charge in [-0.3, -0.25) is 14.4 Å². The number of carbonyl (C=O) groups excluding carboxylic acids is 3. The van der Waals surface area contributed by atoms with Crippen molar-refractivity contribution in [3.05, 3.63) is 47.2 Å². The monoisotopic (exact) mass is 401 g/mol. The number of hydrogen-bond acceptors (Lipinski definition) is 6. The maximum Gasteiger partial charge on any atom is 0.308 e. The fraction of sp³-hybridized carbons (Fsp3) is 0.429. The summed E-state index contributed by atoms with van der Waals surface area (Å²) in [5.41, 5.74) is 1.41. The Kier molecular flexibility index (Phi) is 8.39. The van der Waals surface area contributed by atoms with Crippen LogP contribution in [0, 0.1) is 13.8 Å². The number of amides is 2. The number of esters is 1. The summed E-state index contributed by atoms with van der Waals surface area (Å²) in [4.78, 5) is 36.8. The number of carbonyl (C=O) groups is 3. The molecule has 2 amide bonds. The molecule has 29 heavy (non-hydrogen) atoms. The summed E-state index contributed by atoms with van der Waals surface area (Å²) in [6, 6.07) is 8.78. The molecule has 0 aliphatic rings. The predicted octanol–water partition coefficient (Wildman–Crippen LogP) is 3.15. The Balaban J connectivity index is 1.84. The molecule has 1 heterocycles. The van der Waals surface area contributed by atoms with Crippen LogP contribution >= 0.6 is 0 Å². The van der Waals surface area contributed by atoms with Crippen molar-refractivity contribution >= 4 is 23.6 Å². The molecule has 2 aromatic rings. The highest BCUT2D eigenvalue weighted by atomic mass is 16.5. The standard InChI is InChI=1S/C21H27N3O5/c1-4-5-10-17(21(27)23-18-13-15(3)29-24-18)28-19(25)11-12-22-20(26)16-9-7-6-8-14(16)2/h6-9,13,17H,4-5,10-12H2,1-3H3,(H,22,26)(H,23,24,27). The SMILES string of the molecule is CCCCC(OC(=O)CCNC(=O)c1ccccc1C)C(=O)Nc1cc(C)on1. The van der Waals surface area contributed by atoms with Gasteiger partial charge in [-0.1, -0.05) is 36.7 Å². The van der Waals surface area contributed by atoms with Crippen LogP contribution in [0.25, 0.3) is 0 Å². The molecule has 0 radical (unpaired) electrons. The summed E-state index contributed by atoms with van der Waals surface area (Å²) < 4.78 is 10.3. The second-order valence-corrected chi connectivity index (χ2v) is 6.75. The van der Waals surface area contributed by atoms with E-state index in [-0.39, 0.29) is 24.7 Å². The van der Waals surface area contributed by atoms with Crippen LogP contribution < -0.4 is 10.6 Å². The maximum absolute atomic E-state index is 12.4. The lowest BCUT2D eigenvalue weighted by Crippen LogP contribution is -2.34. The molecule has 8 heteroatoms. The fourth-order valence-corrected chi connectivity index (χ4v) is 2.68. The highest BCUT2D eigenvalue weighted by molar-refractivity contribution is 5.96. The molecule has 1 atom stereocenters. The molecule has 1 aromatic heterocycles. The van der Waals surface area contributed by atoms with Crippen LogP contribution in [0.5, 0.6) is 0 Å². The summed E-state index contributed by atoms with van der Waals surface area (Å²) in [7, 11) is 0. The molecule has 0 fully saturated rings. The van der Waals surface area contributed by atoms with Crippen molar-refractivity contribution in [3.63, 3.8) is 0 Å². The molecule has 8 nitrogen and oxygen atoms in total. The third-order valence-corrected chi connectivity index (χ3v) is 4.27. The molecule has 1 aromatic carbocycles. The van der Waals surface area contributed by atoms with Crippen LogP contribution in [-0.4, -0.2) is 35.6 Å². The van der Waals surface area contributed by atoms with Gasteiger partial charge in [0, 0.05) is 18.2 Å². The number of aryl methyl sites for hydroxylation is 2. The molecule has 1 unspecified atom stereocenters. The van der Waals surface area contributed by atoms with E-state index in [1.165, 1.54) is 0 Å². The first-order valence-electron chi connectivity index (χ1n) is 9.68. The Morgan fingerprint density at radius 3 is 2.62 bits per heavy atom. The van der Waals surface area contributed by atoms with Crippen molar-refractivity contribution in [1.82, 2.24) is 10.5 Å². The van der Waals surface area contributed by atoms with E-state index in [0.29, 0.717) is 17.7 Å². The molecule has 0 bridgehead atoms. The third-order valence-electron chi connectivity index (χ3n) is 4.27. The Morgan fingerprint density at radius 1 is 1.21 bits per heavy atom. The van der Waals surface area contributed by atoms with Gasteiger partial charge in [0.15, 0.2) is 11.9 Å². The van der Waals surface area contributed by atoms with Gasteiger partial charge in [-0.15, -0.1) is 0 Å². The van der Waals surface area contributed by atoms with Gasteiger partial charge < -0.3 is 19.9 Å². The summed E-state index contributed by atoms with van der Waals surface area (Å²) in [5, 5.41) is 8.99. The number of benzene rings is 1. The van der Waals surface area contributed by atoms with Gasteiger partial charge in [-0.05, 0) is 38.3 Å². The molecule has 0 aliphatic heterocycles. The quantitative estimate of drug-likeness (QED) is 0.592. The van der Waals surface area contributed by atoms with Gasteiger partial charge in [0.05, 0.1) is 6.42 Å². The number of nitrogens with one attached hydrogen (secondary N) is 2. The van der Waals surface area contributed by atoms with E-state index in [1.807, 2.05) is 26.0 Å². The number of nitrogens with zero attached hydrogens (tertiary/aromatic N) is 1. The van der Waals surface area contributed by atoms with Gasteiger partial charge in [-0.2, -0.15) is 0 Å². The number of ether oxygens (including phenoxy) is 1. The largest absolute Gasteiger partial charge is 0.452 e. The minimum Gasteiger partial charge on any atom is -0.452 e. The minimum atomic E-state index is -0.925. The zero-order valence-electron chi connectivity index (χ0n) is 17.0. The number of rotatable bonds is 10. The van der Waals surface area contributed by atoms with Crippen LogP contribution in [0.2, 0.25) is 0 Å². The van der Waals surface area contributed by atoms with Crippen LogP contribution in [0.1, 0.15) is 54.3 Å². The Bertz CT molecular complexity index is 846. The number of unbranched alkanes of at least 4 members (excludes halogenated alkanes) is 1. The van der Waals surface area contributed by atoms with E-state index in [4.69, 9.17) is 9.26 Å². The van der Waals surface area contributed by atoms with E-state index in [0.717, 1.165) is 18.4 Å². The van der Waals surface area contributed by atoms with Crippen LogP contribution in [-0.2, 0) is 14.3 Å². The van der Waals surface area contributed by atoms with Gasteiger partial charge in [0.25, 0.3) is 11.8 Å². The second kappa shape index (κ2) is 11.0. The van der Waals surface area contributed by atoms with Crippen LogP contribution in [0.4, 0.5) is 5.82 Å². The number of hydrogen-bond donors (Lipinski definition) is 2. The van der Waals surface area contributed by atoms with Crippen molar-refractivity contribution < 1.29 is 23.6 Å². The Labute approximate surface area is 170 Å². The van der Waals surface area contributed by atoms with Gasteiger partial charge in [-0.25, -0.2) is 0 Å². The van der Waals surface area contributed by atoms with E-state index in [2.05, 4.69) is 15.8 Å². The van der Waals surface area contributed by atoms with Gasteiger partial charge >= 0.3 is 5.97 Å². The highest BCUT2D eigenvalue weighted by Gasteiger charge is 2.23. The molecular formula is C21H27N3O5. The molecule has 2 N–H and O–H groups in total. The Morgan fingerprint density at radius 2 is 1.97 bits per heavy atom. The molecule has 0 saturated carbocycles. The molecule has 2 rings (SSSR count). The smallest absolute Gasteiger partial charge is 0.308 e. The zero-order chi connectivity index (χ0) is 21.2. The van der Waals surface area contributed by atoms with Gasteiger partial charge in [0.1, 0.15) is 5.76 Å². The van der Waals surface area contributed by atoms with Crippen LogP contribution in [0.3, 0.4) is 0 Å². The van der Waals surface area contributed by atoms with E-state index < -0.39 is 18.0 Å². The number of aromatic nitrogens is 1. The molecule has 0 saturated heterocycles. The average Bonchev–Trinajstić information content (AvgIpc) is 3.09. The van der Waals surface area contributed by atoms with E-state index in [9.17, 15) is 14.4 Å². The summed E-state index contributed by atoms with van der Waals surface area (Å²) in [5.74, 6) is -0.424. The fourth-order valence-electron chi connectivity index (χ4n) is 2.68. The van der Waals surface area contributed by atoms with Gasteiger partial charge in [0.2, 0.25) is 0 Å². The van der Waals surface area contributed by atoms with Crippen LogP contribution in [0.15, 0.2) is 34.9 Å². The van der Waals surface area contributed by atoms with E-state index >= 15 is 0 Å². The average molecular weight is 401 g/mol. The van der Waals surface area contributed by atoms with E-state index in [1.54, 1.807) is 25.1 Å². The first-order valence-corrected chi connectivity index (χ1v) is 9.68.